The first-order valence-corrected chi connectivity index (χ1v) is 4.29. The Morgan fingerprint density at radius 2 is 1.86 bits per heavy atom. The van der Waals surface area contributed by atoms with Gasteiger partial charge in [0.25, 0.3) is 0 Å². The number of methoxy groups -OCH3 is 1. The van der Waals surface area contributed by atoms with E-state index >= 15 is 0 Å². The maximum atomic E-state index is 10.4. The summed E-state index contributed by atoms with van der Waals surface area (Å²) in [6.07, 6.45) is 1.87. The topological polar surface area (TPSA) is 26.3 Å². The number of rotatable bonds is 2. The monoisotopic (exact) mass is 185 g/mol. The van der Waals surface area contributed by atoms with Gasteiger partial charge in [-0.15, -0.1) is 0 Å². The van der Waals surface area contributed by atoms with E-state index in [-0.39, 0.29) is 0 Å². The Morgan fingerprint density at radius 3 is 2.57 bits per heavy atom. The van der Waals surface area contributed by atoms with Gasteiger partial charge in [0, 0.05) is 5.56 Å². The zero-order valence-electron chi connectivity index (χ0n) is 7.78. The van der Waals surface area contributed by atoms with Gasteiger partial charge in [0.1, 0.15) is 5.75 Å². The van der Waals surface area contributed by atoms with E-state index in [0.29, 0.717) is 5.56 Å². The minimum atomic E-state index is 0.561. The standard InChI is InChI=1S/C12H9O2/c1-14-12-5-4-10-3-2-9(8-13)6-11(10)7-12/h2-7H,1H3. The summed E-state index contributed by atoms with van der Waals surface area (Å²) in [7, 11) is 1.62. The Morgan fingerprint density at radius 1 is 1.07 bits per heavy atom. The van der Waals surface area contributed by atoms with Crippen LogP contribution in [0.5, 0.6) is 5.75 Å². The second-order valence-electron chi connectivity index (χ2n) is 3.03. The molecule has 2 aromatic carbocycles. The van der Waals surface area contributed by atoms with Crippen molar-refractivity contribution in [3.63, 3.8) is 0 Å². The molecule has 0 aliphatic carbocycles. The van der Waals surface area contributed by atoms with E-state index in [0.717, 1.165) is 16.5 Å². The molecule has 0 N–H and O–H groups in total. The highest BCUT2D eigenvalue weighted by molar-refractivity contribution is 5.89. The summed E-state index contributed by atoms with van der Waals surface area (Å²) in [5.74, 6) is 0.792. The number of hydrogen-bond acceptors (Lipinski definition) is 2. The summed E-state index contributed by atoms with van der Waals surface area (Å²) in [5.41, 5.74) is 0.561. The largest absolute Gasteiger partial charge is 0.497 e. The molecule has 0 aromatic heterocycles. The van der Waals surface area contributed by atoms with Crippen LogP contribution in [-0.2, 0) is 4.79 Å². The first-order chi connectivity index (χ1) is 6.83. The van der Waals surface area contributed by atoms with E-state index in [2.05, 4.69) is 0 Å². The Labute approximate surface area is 82.1 Å². The summed E-state index contributed by atoms with van der Waals surface area (Å²) in [5, 5.41) is 2.08. The van der Waals surface area contributed by atoms with E-state index in [4.69, 9.17) is 4.74 Å². The summed E-state index contributed by atoms with van der Waals surface area (Å²) < 4.78 is 5.10. The van der Waals surface area contributed by atoms with Crippen molar-refractivity contribution in [2.75, 3.05) is 7.11 Å². The lowest BCUT2D eigenvalue weighted by Crippen LogP contribution is -1.84. The van der Waals surface area contributed by atoms with Gasteiger partial charge in [0.15, 0.2) is 0 Å². The SMILES string of the molecule is COc1ccc2ccc([C]=O)cc2c1. The molecule has 14 heavy (non-hydrogen) atoms. The van der Waals surface area contributed by atoms with Gasteiger partial charge in [-0.2, -0.15) is 0 Å². The lowest BCUT2D eigenvalue weighted by molar-refractivity contribution is 0.415. The highest BCUT2D eigenvalue weighted by atomic mass is 16.5. The van der Waals surface area contributed by atoms with Crippen LogP contribution in [0.25, 0.3) is 10.8 Å². The van der Waals surface area contributed by atoms with Gasteiger partial charge < -0.3 is 4.74 Å². The third-order valence-corrected chi connectivity index (χ3v) is 2.17. The van der Waals surface area contributed by atoms with Crippen molar-refractivity contribution in [1.82, 2.24) is 0 Å². The molecule has 0 heterocycles. The van der Waals surface area contributed by atoms with Crippen molar-refractivity contribution in [3.8, 4) is 5.75 Å². The molecule has 0 amide bonds. The van der Waals surface area contributed by atoms with Crippen molar-refractivity contribution in [2.24, 2.45) is 0 Å². The molecule has 0 spiro atoms. The van der Waals surface area contributed by atoms with Gasteiger partial charge in [-0.25, -0.2) is 0 Å². The van der Waals surface area contributed by atoms with Crippen LogP contribution in [0.4, 0.5) is 0 Å². The maximum Gasteiger partial charge on any atom is 0.233 e. The summed E-state index contributed by atoms with van der Waals surface area (Å²) in [4.78, 5) is 10.4. The quantitative estimate of drug-likeness (QED) is 0.717. The summed E-state index contributed by atoms with van der Waals surface area (Å²) >= 11 is 0. The summed E-state index contributed by atoms with van der Waals surface area (Å²) in [6, 6.07) is 11.2. The number of hydrogen-bond donors (Lipinski definition) is 0. The Kier molecular flexibility index (Phi) is 2.19. The van der Waals surface area contributed by atoms with Crippen molar-refractivity contribution < 1.29 is 9.53 Å². The molecule has 2 rings (SSSR count). The second kappa shape index (κ2) is 3.50. The number of benzene rings is 2. The number of fused-ring (bicyclic) bond motifs is 1. The van der Waals surface area contributed by atoms with Crippen LogP contribution in [0, 0.1) is 0 Å². The fourth-order valence-electron chi connectivity index (χ4n) is 1.42. The molecule has 0 atom stereocenters. The molecule has 2 aromatic rings. The van der Waals surface area contributed by atoms with E-state index in [1.54, 1.807) is 19.2 Å². The van der Waals surface area contributed by atoms with Crippen LogP contribution < -0.4 is 4.74 Å². The summed E-state index contributed by atoms with van der Waals surface area (Å²) in [6.45, 7) is 0. The van der Waals surface area contributed by atoms with Gasteiger partial charge in [0.05, 0.1) is 7.11 Å². The molecular weight excluding hydrogens is 176 g/mol. The third kappa shape index (κ3) is 1.46. The van der Waals surface area contributed by atoms with E-state index in [1.807, 2.05) is 30.6 Å². The molecule has 0 aliphatic rings. The van der Waals surface area contributed by atoms with Crippen LogP contribution in [-0.4, -0.2) is 13.4 Å². The number of ether oxygens (including phenoxy) is 1. The molecule has 0 fully saturated rings. The maximum absolute atomic E-state index is 10.4. The fourth-order valence-corrected chi connectivity index (χ4v) is 1.42. The van der Waals surface area contributed by atoms with Crippen molar-refractivity contribution in [1.29, 1.82) is 0 Å². The molecule has 2 nitrogen and oxygen atoms in total. The van der Waals surface area contributed by atoms with Crippen molar-refractivity contribution in [2.45, 2.75) is 0 Å². The first kappa shape index (κ1) is 8.75. The molecule has 0 saturated heterocycles. The lowest BCUT2D eigenvalue weighted by Gasteiger charge is -2.02. The fraction of sp³-hybridized carbons (Fsp3) is 0.0833. The molecule has 69 valence electrons. The number of carbonyl (C=O) groups excluding carboxylic acids is 1. The van der Waals surface area contributed by atoms with Crippen LogP contribution in [0.3, 0.4) is 0 Å². The molecule has 0 unspecified atom stereocenters. The Balaban J connectivity index is 2.65. The van der Waals surface area contributed by atoms with Gasteiger partial charge in [0.2, 0.25) is 6.29 Å². The average Bonchev–Trinajstić information content (AvgIpc) is 2.27. The predicted molar refractivity (Wildman–Crippen MR) is 55.3 cm³/mol. The van der Waals surface area contributed by atoms with Crippen molar-refractivity contribution >= 4 is 17.1 Å². The highest BCUT2D eigenvalue weighted by Gasteiger charge is 1.98. The zero-order valence-corrected chi connectivity index (χ0v) is 7.78. The molecule has 0 saturated carbocycles. The van der Waals surface area contributed by atoms with Crippen LogP contribution in [0.2, 0.25) is 0 Å². The zero-order chi connectivity index (χ0) is 9.97. The minimum Gasteiger partial charge on any atom is -0.497 e. The second-order valence-corrected chi connectivity index (χ2v) is 3.03. The minimum absolute atomic E-state index is 0.561. The molecule has 0 aliphatic heterocycles. The highest BCUT2D eigenvalue weighted by Crippen LogP contribution is 2.21. The van der Waals surface area contributed by atoms with E-state index in [1.165, 1.54) is 0 Å². The normalized spacial score (nSPS) is 10.1. The van der Waals surface area contributed by atoms with Crippen LogP contribution >= 0.6 is 0 Å². The predicted octanol–water partition coefficient (Wildman–Crippen LogP) is 2.31. The van der Waals surface area contributed by atoms with Crippen molar-refractivity contribution in [3.05, 3.63) is 42.0 Å². The molecular formula is C12H9O2. The van der Waals surface area contributed by atoms with Gasteiger partial charge in [-0.3, -0.25) is 4.79 Å². The molecule has 2 heteroatoms. The van der Waals surface area contributed by atoms with Gasteiger partial charge >= 0.3 is 0 Å². The van der Waals surface area contributed by atoms with Crippen LogP contribution in [0.1, 0.15) is 5.56 Å². The van der Waals surface area contributed by atoms with E-state index in [9.17, 15) is 4.79 Å². The van der Waals surface area contributed by atoms with E-state index < -0.39 is 0 Å². The van der Waals surface area contributed by atoms with Crippen LogP contribution in [0.15, 0.2) is 36.4 Å². The first-order valence-electron chi connectivity index (χ1n) is 4.29. The smallest absolute Gasteiger partial charge is 0.233 e. The average molecular weight is 185 g/mol. The lowest BCUT2D eigenvalue weighted by atomic mass is 10.1. The Bertz CT molecular complexity index is 475. The van der Waals surface area contributed by atoms with Gasteiger partial charge in [-0.05, 0) is 29.0 Å². The van der Waals surface area contributed by atoms with Gasteiger partial charge in [-0.1, -0.05) is 18.2 Å². The molecule has 0 bridgehead atoms. The third-order valence-electron chi connectivity index (χ3n) is 2.17. The Hall–Kier alpha value is -1.83. The molecule has 1 radical (unpaired) electrons.